The molecule has 0 unspecified atom stereocenters. The Kier molecular flexibility index (Phi) is 10.7. The van der Waals surface area contributed by atoms with Crippen molar-refractivity contribution in [2.75, 3.05) is 30.2 Å². The zero-order chi connectivity index (χ0) is 32.6. The number of aromatic nitrogens is 2. The number of hydrogen-bond acceptors (Lipinski definition) is 7. The zero-order valence-electron chi connectivity index (χ0n) is 24.6. The number of nitrogens with one attached hydrogen (secondary N) is 1. The molecular formula is C32H33F3N4O5S. The van der Waals surface area contributed by atoms with Crippen molar-refractivity contribution in [1.29, 1.82) is 0 Å². The molecule has 0 radical (unpaired) electrons. The second kappa shape index (κ2) is 14.4. The van der Waals surface area contributed by atoms with Crippen LogP contribution in [0.1, 0.15) is 47.3 Å². The van der Waals surface area contributed by atoms with Gasteiger partial charge in [-0.1, -0.05) is 43.5 Å². The van der Waals surface area contributed by atoms with Crippen LogP contribution in [-0.4, -0.2) is 54.9 Å². The first-order valence-electron chi connectivity index (χ1n) is 14.1. The van der Waals surface area contributed by atoms with Gasteiger partial charge in [0.25, 0.3) is 5.91 Å². The third kappa shape index (κ3) is 9.17. The lowest BCUT2D eigenvalue weighted by Crippen LogP contribution is -2.38. The van der Waals surface area contributed by atoms with Crippen LogP contribution in [0.25, 0.3) is 0 Å². The predicted octanol–water partition coefficient (Wildman–Crippen LogP) is 6.75. The van der Waals surface area contributed by atoms with Crippen molar-refractivity contribution in [2.45, 2.75) is 31.9 Å². The molecule has 13 heteroatoms. The van der Waals surface area contributed by atoms with E-state index in [9.17, 15) is 26.4 Å². The average molecular weight is 643 g/mol. The third-order valence-electron chi connectivity index (χ3n) is 6.92. The normalized spacial score (nSPS) is 14.3. The van der Waals surface area contributed by atoms with Crippen molar-refractivity contribution in [3.8, 4) is 17.4 Å². The van der Waals surface area contributed by atoms with E-state index in [0.717, 1.165) is 17.7 Å². The Morgan fingerprint density at radius 3 is 2.40 bits per heavy atom. The van der Waals surface area contributed by atoms with E-state index in [2.05, 4.69) is 28.1 Å². The van der Waals surface area contributed by atoms with Crippen LogP contribution in [-0.2, 0) is 16.2 Å². The summed E-state index contributed by atoms with van der Waals surface area (Å²) >= 11 is 0. The summed E-state index contributed by atoms with van der Waals surface area (Å²) in [5, 5.41) is 6.64. The number of piperidine rings is 1. The number of sulfonamides is 1. The van der Waals surface area contributed by atoms with Crippen molar-refractivity contribution in [3.63, 3.8) is 0 Å². The van der Waals surface area contributed by atoms with Crippen LogP contribution in [0.15, 0.2) is 91.6 Å². The number of nitrogens with zero attached hydrogens (tertiary/aromatic N) is 3. The molecule has 0 aliphatic carbocycles. The van der Waals surface area contributed by atoms with Crippen LogP contribution in [0.2, 0.25) is 0 Å². The van der Waals surface area contributed by atoms with E-state index in [-0.39, 0.29) is 29.1 Å². The van der Waals surface area contributed by atoms with E-state index >= 15 is 0 Å². The molecule has 0 atom stereocenters. The monoisotopic (exact) mass is 642 g/mol. The molecule has 0 saturated carbocycles. The molecule has 238 valence electrons. The molecule has 1 aliphatic heterocycles. The third-order valence-corrected chi connectivity index (χ3v) is 8.20. The lowest BCUT2D eigenvalue weighted by molar-refractivity contribution is -0.141. The molecule has 1 fully saturated rings. The predicted molar refractivity (Wildman–Crippen MR) is 165 cm³/mol. The standard InChI is InChI=1S/C32H33F3N4O5S/c1-4-6-7-22(3)21-45(41,42)38-27-20-25(10-13-28(27)43-5-2)31(40)39-18-16-24(17-19-39)23-8-11-26(12-9-23)44-30-15-14-29(36-37-30)32(33,34)35/h4,6-15,20,24,38H,1,3,5,16-19,21H2,2H3/b7-6-. The van der Waals surface area contributed by atoms with Crippen LogP contribution in [0.3, 0.4) is 0 Å². The second-order valence-corrected chi connectivity index (χ2v) is 12.0. The van der Waals surface area contributed by atoms with Gasteiger partial charge in [-0.15, -0.1) is 10.2 Å². The Morgan fingerprint density at radius 1 is 1.09 bits per heavy atom. The largest absolute Gasteiger partial charge is 0.492 e. The molecule has 1 saturated heterocycles. The van der Waals surface area contributed by atoms with Crippen molar-refractivity contribution in [1.82, 2.24) is 15.1 Å². The van der Waals surface area contributed by atoms with Crippen LogP contribution in [0.4, 0.5) is 18.9 Å². The molecule has 2 heterocycles. The summed E-state index contributed by atoms with van der Waals surface area (Å²) in [6, 6.07) is 13.8. The number of amides is 1. The van der Waals surface area contributed by atoms with Gasteiger partial charge in [-0.05, 0) is 73.2 Å². The van der Waals surface area contributed by atoms with Gasteiger partial charge in [0.1, 0.15) is 11.5 Å². The van der Waals surface area contributed by atoms with Gasteiger partial charge in [-0.25, -0.2) is 8.42 Å². The molecule has 1 amide bonds. The highest BCUT2D eigenvalue weighted by atomic mass is 32.2. The number of carbonyl (C=O) groups excluding carboxylic acids is 1. The number of anilines is 1. The highest BCUT2D eigenvalue weighted by Gasteiger charge is 2.33. The summed E-state index contributed by atoms with van der Waals surface area (Å²) < 4.78 is 77.4. The van der Waals surface area contributed by atoms with Crippen LogP contribution >= 0.6 is 0 Å². The summed E-state index contributed by atoms with van der Waals surface area (Å²) in [6.07, 6.45) is 1.50. The number of hydrogen-bond donors (Lipinski definition) is 1. The maximum absolute atomic E-state index is 13.4. The van der Waals surface area contributed by atoms with Crippen LogP contribution < -0.4 is 14.2 Å². The second-order valence-electron chi connectivity index (χ2n) is 10.3. The Bertz CT molecular complexity index is 1650. The summed E-state index contributed by atoms with van der Waals surface area (Å²) in [4.78, 5) is 15.1. The number of alkyl halides is 3. The van der Waals surface area contributed by atoms with Crippen molar-refractivity contribution < 1.29 is 35.9 Å². The van der Waals surface area contributed by atoms with E-state index in [1.807, 2.05) is 12.1 Å². The number of likely N-dealkylation sites (tertiary alicyclic amines) is 1. The number of allylic oxidation sites excluding steroid dienone is 3. The minimum Gasteiger partial charge on any atom is -0.492 e. The number of ether oxygens (including phenoxy) is 2. The first kappa shape index (κ1) is 33.2. The fraction of sp³-hybridized carbons (Fsp3) is 0.281. The first-order valence-corrected chi connectivity index (χ1v) is 15.8. The molecule has 0 spiro atoms. The smallest absolute Gasteiger partial charge is 0.435 e. The van der Waals surface area contributed by atoms with Crippen molar-refractivity contribution in [3.05, 3.63) is 108 Å². The van der Waals surface area contributed by atoms with Gasteiger partial charge in [-0.2, -0.15) is 13.2 Å². The zero-order valence-corrected chi connectivity index (χ0v) is 25.4. The number of carbonyl (C=O) groups is 1. The van der Waals surface area contributed by atoms with Gasteiger partial charge >= 0.3 is 6.18 Å². The van der Waals surface area contributed by atoms with Gasteiger partial charge in [-0.3, -0.25) is 9.52 Å². The van der Waals surface area contributed by atoms with Gasteiger partial charge in [0.15, 0.2) is 5.69 Å². The number of halogens is 3. The quantitative estimate of drug-likeness (QED) is 0.218. The van der Waals surface area contributed by atoms with Crippen LogP contribution in [0, 0.1) is 0 Å². The van der Waals surface area contributed by atoms with E-state index < -0.39 is 21.9 Å². The molecule has 9 nitrogen and oxygen atoms in total. The Labute approximate surface area is 260 Å². The Balaban J connectivity index is 1.37. The van der Waals surface area contributed by atoms with E-state index in [1.54, 1.807) is 48.2 Å². The Hall–Kier alpha value is -4.65. The maximum Gasteiger partial charge on any atom is 0.435 e. The molecule has 1 aliphatic rings. The van der Waals surface area contributed by atoms with Gasteiger partial charge in [0.05, 0.1) is 18.0 Å². The highest BCUT2D eigenvalue weighted by molar-refractivity contribution is 7.92. The first-order chi connectivity index (χ1) is 21.4. The lowest BCUT2D eigenvalue weighted by atomic mass is 9.89. The molecular weight excluding hydrogens is 609 g/mol. The van der Waals surface area contributed by atoms with E-state index in [0.29, 0.717) is 55.2 Å². The molecule has 1 N–H and O–H groups in total. The molecule has 0 bridgehead atoms. The van der Waals surface area contributed by atoms with Gasteiger partial charge in [0, 0.05) is 24.7 Å². The van der Waals surface area contributed by atoms with Crippen LogP contribution in [0.5, 0.6) is 17.4 Å². The average Bonchev–Trinajstić information content (AvgIpc) is 3.00. The Morgan fingerprint density at radius 2 is 1.80 bits per heavy atom. The summed E-state index contributed by atoms with van der Waals surface area (Å²) in [7, 11) is -3.83. The van der Waals surface area contributed by atoms with E-state index in [1.165, 1.54) is 12.1 Å². The minimum absolute atomic E-state index is 0.0565. The number of benzene rings is 2. The number of rotatable bonds is 12. The summed E-state index contributed by atoms with van der Waals surface area (Å²) in [6.45, 7) is 10.4. The van der Waals surface area contributed by atoms with Gasteiger partial charge < -0.3 is 14.4 Å². The van der Waals surface area contributed by atoms with Gasteiger partial charge in [0.2, 0.25) is 15.9 Å². The molecule has 4 rings (SSSR count). The van der Waals surface area contributed by atoms with Crippen molar-refractivity contribution in [2.24, 2.45) is 0 Å². The minimum atomic E-state index is -4.58. The SMILES string of the molecule is C=C/C=C\C(=C)CS(=O)(=O)Nc1cc(C(=O)N2CCC(c3ccc(Oc4ccc(C(F)(F)F)nn4)cc3)CC2)ccc1OCC. The fourth-order valence-electron chi connectivity index (χ4n) is 4.78. The molecule has 1 aromatic heterocycles. The topological polar surface area (TPSA) is 111 Å². The lowest BCUT2D eigenvalue weighted by Gasteiger charge is -2.32. The highest BCUT2D eigenvalue weighted by Crippen LogP contribution is 2.33. The molecule has 2 aromatic carbocycles. The van der Waals surface area contributed by atoms with E-state index in [4.69, 9.17) is 9.47 Å². The summed E-state index contributed by atoms with van der Waals surface area (Å²) in [5.41, 5.74) is 0.800. The maximum atomic E-state index is 13.4. The molecule has 3 aromatic rings. The summed E-state index contributed by atoms with van der Waals surface area (Å²) in [5.74, 6) is 0.266. The molecule has 45 heavy (non-hydrogen) atoms. The fourth-order valence-corrected chi connectivity index (χ4v) is 5.93. The van der Waals surface area contributed by atoms with Crippen molar-refractivity contribution >= 4 is 21.6 Å².